The molecule has 1 atom stereocenters. The quantitative estimate of drug-likeness (QED) is 0.757. The minimum atomic E-state index is 0.548. The third-order valence-electron chi connectivity index (χ3n) is 3.12. The SMILES string of the molecule is CCCCC(CC)Nc1ccc(C)cc1OC. The molecule has 1 aromatic rings. The van der Waals surface area contributed by atoms with E-state index in [1.165, 1.54) is 24.8 Å². The fourth-order valence-corrected chi connectivity index (χ4v) is 1.97. The van der Waals surface area contributed by atoms with Crippen LogP contribution in [0.3, 0.4) is 0 Å². The van der Waals surface area contributed by atoms with Crippen LogP contribution in [0.5, 0.6) is 5.75 Å². The average Bonchev–Trinajstić information content (AvgIpc) is 2.35. The van der Waals surface area contributed by atoms with Crippen molar-refractivity contribution in [2.75, 3.05) is 12.4 Å². The first-order chi connectivity index (χ1) is 8.21. The van der Waals surface area contributed by atoms with Crippen molar-refractivity contribution < 1.29 is 4.74 Å². The Balaban J connectivity index is 2.71. The molecule has 0 aliphatic rings. The van der Waals surface area contributed by atoms with Gasteiger partial charge in [-0.15, -0.1) is 0 Å². The molecule has 0 saturated heterocycles. The van der Waals surface area contributed by atoms with Crippen LogP contribution in [0.15, 0.2) is 18.2 Å². The third kappa shape index (κ3) is 4.29. The topological polar surface area (TPSA) is 21.3 Å². The second kappa shape index (κ2) is 7.21. The highest BCUT2D eigenvalue weighted by atomic mass is 16.5. The summed E-state index contributed by atoms with van der Waals surface area (Å²) >= 11 is 0. The minimum absolute atomic E-state index is 0.548. The zero-order valence-electron chi connectivity index (χ0n) is 11.5. The van der Waals surface area contributed by atoms with Gasteiger partial charge in [0.15, 0.2) is 0 Å². The number of ether oxygens (including phenoxy) is 1. The Morgan fingerprint density at radius 1 is 1.29 bits per heavy atom. The van der Waals surface area contributed by atoms with Gasteiger partial charge in [-0.25, -0.2) is 0 Å². The van der Waals surface area contributed by atoms with E-state index in [2.05, 4.69) is 44.3 Å². The lowest BCUT2D eigenvalue weighted by Gasteiger charge is -2.20. The largest absolute Gasteiger partial charge is 0.495 e. The van der Waals surface area contributed by atoms with E-state index in [9.17, 15) is 0 Å². The highest BCUT2D eigenvalue weighted by Crippen LogP contribution is 2.27. The number of hydrogen-bond donors (Lipinski definition) is 1. The fourth-order valence-electron chi connectivity index (χ4n) is 1.97. The van der Waals surface area contributed by atoms with Crippen LogP contribution in [0.25, 0.3) is 0 Å². The van der Waals surface area contributed by atoms with Crippen LogP contribution in [0.2, 0.25) is 0 Å². The monoisotopic (exact) mass is 235 g/mol. The zero-order chi connectivity index (χ0) is 12.7. The molecule has 0 amide bonds. The number of benzene rings is 1. The molecule has 0 aliphatic heterocycles. The number of rotatable bonds is 7. The van der Waals surface area contributed by atoms with Crippen molar-refractivity contribution in [3.8, 4) is 5.75 Å². The molecule has 0 fully saturated rings. The summed E-state index contributed by atoms with van der Waals surface area (Å²) < 4.78 is 5.41. The molecule has 2 nitrogen and oxygen atoms in total. The molecule has 0 radical (unpaired) electrons. The fraction of sp³-hybridized carbons (Fsp3) is 0.600. The normalized spacial score (nSPS) is 12.2. The zero-order valence-corrected chi connectivity index (χ0v) is 11.5. The van der Waals surface area contributed by atoms with E-state index in [0.29, 0.717) is 6.04 Å². The Labute approximate surface area is 105 Å². The highest BCUT2D eigenvalue weighted by Gasteiger charge is 2.09. The summed E-state index contributed by atoms with van der Waals surface area (Å²) in [4.78, 5) is 0. The summed E-state index contributed by atoms with van der Waals surface area (Å²) in [6.45, 7) is 6.55. The van der Waals surface area contributed by atoms with Crippen LogP contribution in [0, 0.1) is 6.92 Å². The van der Waals surface area contributed by atoms with Gasteiger partial charge in [0.25, 0.3) is 0 Å². The Morgan fingerprint density at radius 3 is 2.65 bits per heavy atom. The van der Waals surface area contributed by atoms with E-state index in [-0.39, 0.29) is 0 Å². The molecule has 1 aromatic carbocycles. The Bertz CT molecular complexity index is 336. The van der Waals surface area contributed by atoms with Crippen LogP contribution >= 0.6 is 0 Å². The van der Waals surface area contributed by atoms with Gasteiger partial charge in [0.1, 0.15) is 5.75 Å². The van der Waals surface area contributed by atoms with E-state index >= 15 is 0 Å². The molecule has 0 spiro atoms. The lowest BCUT2D eigenvalue weighted by molar-refractivity contribution is 0.415. The molecule has 0 saturated carbocycles. The summed E-state index contributed by atoms with van der Waals surface area (Å²) in [7, 11) is 1.73. The van der Waals surface area contributed by atoms with Gasteiger partial charge in [0.05, 0.1) is 12.8 Å². The second-order valence-corrected chi connectivity index (χ2v) is 4.60. The van der Waals surface area contributed by atoms with Crippen molar-refractivity contribution in [1.29, 1.82) is 0 Å². The standard InChI is InChI=1S/C15H25NO/c1-5-7-8-13(6-2)16-14-10-9-12(3)11-15(14)17-4/h9-11,13,16H,5-8H2,1-4H3. The van der Waals surface area contributed by atoms with Crippen molar-refractivity contribution in [2.24, 2.45) is 0 Å². The number of anilines is 1. The lowest BCUT2D eigenvalue weighted by atomic mass is 10.1. The van der Waals surface area contributed by atoms with Crippen LogP contribution in [0.1, 0.15) is 45.1 Å². The first-order valence-corrected chi connectivity index (χ1v) is 6.62. The van der Waals surface area contributed by atoms with E-state index in [0.717, 1.165) is 17.9 Å². The third-order valence-corrected chi connectivity index (χ3v) is 3.12. The maximum atomic E-state index is 5.41. The van der Waals surface area contributed by atoms with Gasteiger partial charge in [0, 0.05) is 6.04 Å². The number of aryl methyl sites for hydroxylation is 1. The van der Waals surface area contributed by atoms with Crippen molar-refractivity contribution in [3.05, 3.63) is 23.8 Å². The van der Waals surface area contributed by atoms with Gasteiger partial charge < -0.3 is 10.1 Å². The predicted octanol–water partition coefficient (Wildman–Crippen LogP) is 4.38. The van der Waals surface area contributed by atoms with Crippen molar-refractivity contribution in [3.63, 3.8) is 0 Å². The average molecular weight is 235 g/mol. The smallest absolute Gasteiger partial charge is 0.142 e. The molecule has 1 rings (SSSR count). The molecule has 1 unspecified atom stereocenters. The molecule has 96 valence electrons. The Kier molecular flexibility index (Phi) is 5.88. The number of unbranched alkanes of at least 4 members (excludes halogenated alkanes) is 1. The van der Waals surface area contributed by atoms with Gasteiger partial charge in [-0.3, -0.25) is 0 Å². The Hall–Kier alpha value is -1.18. The van der Waals surface area contributed by atoms with Gasteiger partial charge in [-0.05, 0) is 37.5 Å². The molecule has 0 aromatic heterocycles. The van der Waals surface area contributed by atoms with Gasteiger partial charge in [-0.1, -0.05) is 32.8 Å². The molecule has 0 heterocycles. The molecule has 2 heteroatoms. The predicted molar refractivity (Wildman–Crippen MR) is 75.0 cm³/mol. The summed E-state index contributed by atoms with van der Waals surface area (Å²) in [5.74, 6) is 0.944. The maximum absolute atomic E-state index is 5.41. The molecule has 1 N–H and O–H groups in total. The van der Waals surface area contributed by atoms with Crippen molar-refractivity contribution >= 4 is 5.69 Å². The van der Waals surface area contributed by atoms with E-state index in [4.69, 9.17) is 4.74 Å². The van der Waals surface area contributed by atoms with Crippen LogP contribution in [-0.4, -0.2) is 13.2 Å². The number of nitrogens with one attached hydrogen (secondary N) is 1. The van der Waals surface area contributed by atoms with E-state index in [1.54, 1.807) is 7.11 Å². The number of methoxy groups -OCH3 is 1. The summed E-state index contributed by atoms with van der Waals surface area (Å²) in [6.07, 6.45) is 4.91. The van der Waals surface area contributed by atoms with Crippen molar-refractivity contribution in [2.45, 2.75) is 52.5 Å². The molecule has 17 heavy (non-hydrogen) atoms. The van der Waals surface area contributed by atoms with Crippen LogP contribution in [0.4, 0.5) is 5.69 Å². The highest BCUT2D eigenvalue weighted by molar-refractivity contribution is 5.58. The first kappa shape index (κ1) is 13.9. The second-order valence-electron chi connectivity index (χ2n) is 4.60. The molecular weight excluding hydrogens is 210 g/mol. The first-order valence-electron chi connectivity index (χ1n) is 6.62. The molecular formula is C15H25NO. The van der Waals surface area contributed by atoms with Gasteiger partial charge in [-0.2, -0.15) is 0 Å². The van der Waals surface area contributed by atoms with E-state index in [1.807, 2.05) is 0 Å². The van der Waals surface area contributed by atoms with Gasteiger partial charge >= 0.3 is 0 Å². The summed E-state index contributed by atoms with van der Waals surface area (Å²) in [5, 5.41) is 3.59. The molecule has 0 bridgehead atoms. The van der Waals surface area contributed by atoms with E-state index < -0.39 is 0 Å². The van der Waals surface area contributed by atoms with Crippen molar-refractivity contribution in [1.82, 2.24) is 0 Å². The van der Waals surface area contributed by atoms with Gasteiger partial charge in [0.2, 0.25) is 0 Å². The lowest BCUT2D eigenvalue weighted by Crippen LogP contribution is -2.18. The molecule has 0 aliphatic carbocycles. The summed E-state index contributed by atoms with van der Waals surface area (Å²) in [5.41, 5.74) is 2.34. The summed E-state index contributed by atoms with van der Waals surface area (Å²) in [6, 6.07) is 6.86. The number of hydrogen-bond acceptors (Lipinski definition) is 2. The van der Waals surface area contributed by atoms with Crippen LogP contribution < -0.4 is 10.1 Å². The maximum Gasteiger partial charge on any atom is 0.142 e. The minimum Gasteiger partial charge on any atom is -0.495 e. The Morgan fingerprint density at radius 2 is 2.06 bits per heavy atom. The van der Waals surface area contributed by atoms with Crippen LogP contribution in [-0.2, 0) is 0 Å².